The quantitative estimate of drug-likeness (QED) is 0.665. The van der Waals surface area contributed by atoms with Crippen LogP contribution in [0.25, 0.3) is 0 Å². The van der Waals surface area contributed by atoms with E-state index in [0.29, 0.717) is 64.2 Å². The first-order chi connectivity index (χ1) is 12.5. The summed E-state index contributed by atoms with van der Waals surface area (Å²) in [6.07, 6.45) is 10.2. The van der Waals surface area contributed by atoms with Gasteiger partial charge in [-0.1, -0.05) is 0 Å². The number of piperazine rings is 1. The van der Waals surface area contributed by atoms with Gasteiger partial charge in [0.2, 0.25) is 5.91 Å². The molecule has 9 heteroatoms. The second-order valence-corrected chi connectivity index (χ2v) is 6.57. The molecule has 1 saturated heterocycles. The van der Waals surface area contributed by atoms with E-state index >= 15 is 0 Å². The van der Waals surface area contributed by atoms with Crippen molar-refractivity contribution in [1.82, 2.24) is 19.4 Å². The number of alkyl halides is 2. The predicted octanol–water partition coefficient (Wildman–Crippen LogP) is 2.28. The maximum Gasteiger partial charge on any atom is 0.319 e. The second kappa shape index (κ2) is 7.91. The molecule has 0 bridgehead atoms. The molecule has 1 aromatic heterocycles. The third kappa shape index (κ3) is 4.43. The van der Waals surface area contributed by atoms with Crippen molar-refractivity contribution in [2.75, 3.05) is 26.2 Å². The van der Waals surface area contributed by atoms with E-state index in [1.165, 1.54) is 12.4 Å². The summed E-state index contributed by atoms with van der Waals surface area (Å²) in [5, 5.41) is 8.09. The predicted molar refractivity (Wildman–Crippen MR) is 90.2 cm³/mol. The van der Waals surface area contributed by atoms with Crippen molar-refractivity contribution in [3.8, 4) is 12.3 Å². The highest BCUT2D eigenvalue weighted by Crippen LogP contribution is 2.37. The summed E-state index contributed by atoms with van der Waals surface area (Å²) in [5.74, 6) is 2.99. The van der Waals surface area contributed by atoms with E-state index in [4.69, 9.17) is 6.42 Å². The van der Waals surface area contributed by atoms with E-state index in [2.05, 4.69) is 21.1 Å². The Morgan fingerprint density at radius 3 is 2.62 bits per heavy atom. The minimum absolute atomic E-state index is 0.0797. The van der Waals surface area contributed by atoms with Gasteiger partial charge in [0.25, 0.3) is 0 Å². The molecule has 0 spiro atoms. The van der Waals surface area contributed by atoms with Gasteiger partial charge < -0.3 is 4.90 Å². The Balaban J connectivity index is 1.41. The fourth-order valence-corrected chi connectivity index (χ4v) is 3.13. The van der Waals surface area contributed by atoms with Crippen LogP contribution in [0.2, 0.25) is 0 Å². The Hall–Kier alpha value is -2.34. The van der Waals surface area contributed by atoms with Gasteiger partial charge in [0, 0.05) is 64.3 Å². The lowest BCUT2D eigenvalue weighted by atomic mass is 10.0. The summed E-state index contributed by atoms with van der Waals surface area (Å²) in [6, 6.07) is 0. The molecule has 2 aliphatic heterocycles. The molecule has 1 fully saturated rings. The lowest BCUT2D eigenvalue weighted by molar-refractivity contribution is -0.133. The number of imidazole rings is 1. The van der Waals surface area contributed by atoms with Crippen LogP contribution in [0.15, 0.2) is 22.6 Å². The molecule has 1 aromatic rings. The summed E-state index contributed by atoms with van der Waals surface area (Å²) >= 11 is 0. The Morgan fingerprint density at radius 1 is 1.27 bits per heavy atom. The Labute approximate surface area is 151 Å². The molecular formula is C17H22F2N6O. The summed E-state index contributed by atoms with van der Waals surface area (Å²) in [4.78, 5) is 20.2. The average molecular weight is 364 g/mol. The minimum Gasteiger partial charge on any atom is -0.340 e. The van der Waals surface area contributed by atoms with Crippen LogP contribution in [0.5, 0.6) is 0 Å². The third-order valence-electron chi connectivity index (χ3n) is 4.84. The molecular weight excluding hydrogens is 342 g/mol. The number of carbonyl (C=O) groups excluding carboxylic acids is 1. The van der Waals surface area contributed by atoms with Crippen LogP contribution in [0.4, 0.5) is 8.78 Å². The van der Waals surface area contributed by atoms with Gasteiger partial charge in [-0.05, 0) is 0 Å². The number of halogens is 2. The molecule has 7 nitrogen and oxygen atoms in total. The summed E-state index contributed by atoms with van der Waals surface area (Å²) in [6.45, 7) is 0.208. The molecule has 3 rings (SSSR count). The zero-order chi connectivity index (χ0) is 18.6. The van der Waals surface area contributed by atoms with Crippen molar-refractivity contribution < 1.29 is 13.6 Å². The zero-order valence-corrected chi connectivity index (χ0v) is 14.5. The lowest BCUT2D eigenvalue weighted by Crippen LogP contribution is -2.48. The molecule has 0 radical (unpaired) electrons. The van der Waals surface area contributed by atoms with Gasteiger partial charge >= 0.3 is 6.55 Å². The number of amides is 1. The standard InChI is InChI=1S/C17H22F2N6O/c1-2-3-5-17(21-22-17)6-4-15(26)24-11-9-23(10-12-24)13-14-20-7-8-25(14)16(18)19/h1,7-8,16H,3-6,9-13H2. The van der Waals surface area contributed by atoms with Crippen LogP contribution in [-0.4, -0.2) is 57.1 Å². The van der Waals surface area contributed by atoms with Gasteiger partial charge in [-0.2, -0.15) is 19.0 Å². The van der Waals surface area contributed by atoms with Gasteiger partial charge in [-0.15, -0.1) is 12.3 Å². The maximum atomic E-state index is 12.9. The van der Waals surface area contributed by atoms with E-state index < -0.39 is 12.2 Å². The first kappa shape index (κ1) is 18.5. The molecule has 140 valence electrons. The number of terminal acetylenes is 1. The second-order valence-electron chi connectivity index (χ2n) is 6.57. The van der Waals surface area contributed by atoms with Gasteiger partial charge in [-0.25, -0.2) is 4.98 Å². The van der Waals surface area contributed by atoms with Crippen molar-refractivity contribution in [3.63, 3.8) is 0 Å². The molecule has 1 amide bonds. The SMILES string of the molecule is C#CCCC1(CCC(=O)N2CCN(Cc3nccn3C(F)F)CC2)N=N1. The number of hydrogen-bond acceptors (Lipinski definition) is 5. The molecule has 2 aliphatic rings. The highest BCUT2D eigenvalue weighted by Gasteiger charge is 2.39. The van der Waals surface area contributed by atoms with Crippen LogP contribution in [0.1, 0.15) is 38.1 Å². The topological polar surface area (TPSA) is 66.1 Å². The van der Waals surface area contributed by atoms with Crippen molar-refractivity contribution in [2.45, 2.75) is 44.4 Å². The number of rotatable bonds is 8. The summed E-state index contributed by atoms with van der Waals surface area (Å²) < 4.78 is 26.6. The number of carbonyl (C=O) groups is 1. The molecule has 3 heterocycles. The largest absolute Gasteiger partial charge is 0.340 e. The third-order valence-corrected chi connectivity index (χ3v) is 4.84. The molecule has 0 aliphatic carbocycles. The van der Waals surface area contributed by atoms with Crippen molar-refractivity contribution in [2.24, 2.45) is 10.2 Å². The molecule has 26 heavy (non-hydrogen) atoms. The van der Waals surface area contributed by atoms with Gasteiger partial charge in [0.1, 0.15) is 5.82 Å². The molecule has 0 aromatic carbocycles. The van der Waals surface area contributed by atoms with Gasteiger partial charge in [-0.3, -0.25) is 14.3 Å². The van der Waals surface area contributed by atoms with Crippen molar-refractivity contribution >= 4 is 5.91 Å². The fraction of sp³-hybridized carbons (Fsp3) is 0.647. The van der Waals surface area contributed by atoms with Gasteiger partial charge in [0.05, 0.1) is 6.54 Å². The number of nitrogens with zero attached hydrogens (tertiary/aromatic N) is 6. The lowest BCUT2D eigenvalue weighted by Gasteiger charge is -2.34. The van der Waals surface area contributed by atoms with Crippen LogP contribution >= 0.6 is 0 Å². The van der Waals surface area contributed by atoms with Crippen LogP contribution in [0, 0.1) is 12.3 Å². The number of hydrogen-bond donors (Lipinski definition) is 0. The van der Waals surface area contributed by atoms with E-state index in [-0.39, 0.29) is 5.91 Å². The number of aromatic nitrogens is 2. The van der Waals surface area contributed by atoms with Crippen molar-refractivity contribution in [1.29, 1.82) is 0 Å². The maximum absolute atomic E-state index is 12.9. The van der Waals surface area contributed by atoms with Crippen LogP contribution in [0.3, 0.4) is 0 Å². The first-order valence-corrected chi connectivity index (χ1v) is 8.70. The monoisotopic (exact) mass is 364 g/mol. The summed E-state index contributed by atoms with van der Waals surface area (Å²) in [5.41, 5.74) is -0.434. The van der Waals surface area contributed by atoms with Gasteiger partial charge in [0.15, 0.2) is 5.66 Å². The van der Waals surface area contributed by atoms with E-state index in [1.54, 1.807) is 0 Å². The molecule has 0 atom stereocenters. The molecule has 0 saturated carbocycles. The average Bonchev–Trinajstić information content (AvgIpc) is 3.26. The Bertz CT molecular complexity index is 696. The van der Waals surface area contributed by atoms with Crippen molar-refractivity contribution in [3.05, 3.63) is 18.2 Å². The van der Waals surface area contributed by atoms with Crippen LogP contribution in [-0.2, 0) is 11.3 Å². The van der Waals surface area contributed by atoms with E-state index in [0.717, 1.165) is 4.57 Å². The highest BCUT2D eigenvalue weighted by atomic mass is 19.3. The zero-order valence-electron chi connectivity index (χ0n) is 14.5. The molecule has 0 N–H and O–H groups in total. The highest BCUT2D eigenvalue weighted by molar-refractivity contribution is 5.76. The van der Waals surface area contributed by atoms with E-state index in [9.17, 15) is 13.6 Å². The Kier molecular flexibility index (Phi) is 5.61. The minimum atomic E-state index is -2.59. The van der Waals surface area contributed by atoms with Crippen LogP contribution < -0.4 is 0 Å². The van der Waals surface area contributed by atoms with E-state index in [1.807, 2.05) is 9.80 Å². The molecule has 0 unspecified atom stereocenters. The first-order valence-electron chi connectivity index (χ1n) is 8.70. The smallest absolute Gasteiger partial charge is 0.319 e. The fourth-order valence-electron chi connectivity index (χ4n) is 3.13. The Morgan fingerprint density at radius 2 is 2.00 bits per heavy atom. The summed E-state index contributed by atoms with van der Waals surface area (Å²) in [7, 11) is 0. The normalized spacial score (nSPS) is 18.9.